The van der Waals surface area contributed by atoms with Crippen LogP contribution in [0, 0.1) is 0 Å². The van der Waals surface area contributed by atoms with E-state index in [4.69, 9.17) is 22.2 Å². The molecule has 0 spiro atoms. The molecule has 1 heterocycles. The number of esters is 1. The van der Waals surface area contributed by atoms with Gasteiger partial charge in [0.05, 0.1) is 23.6 Å². The van der Waals surface area contributed by atoms with E-state index in [1.807, 2.05) is 18.2 Å². The molecule has 0 amide bonds. The summed E-state index contributed by atoms with van der Waals surface area (Å²) in [6.45, 7) is 0. The summed E-state index contributed by atoms with van der Waals surface area (Å²) in [5.41, 5.74) is 1.32. The van der Waals surface area contributed by atoms with Crippen molar-refractivity contribution in [2.75, 3.05) is 13.0 Å². The highest BCUT2D eigenvalue weighted by Crippen LogP contribution is 2.23. The van der Waals surface area contributed by atoms with Gasteiger partial charge in [-0.25, -0.2) is 14.5 Å². The van der Waals surface area contributed by atoms with Gasteiger partial charge in [0.1, 0.15) is 0 Å². The van der Waals surface area contributed by atoms with Crippen LogP contribution in [0.15, 0.2) is 52.4 Å². The summed E-state index contributed by atoms with van der Waals surface area (Å²) in [6.07, 6.45) is 0. The van der Waals surface area contributed by atoms with Crippen LogP contribution < -0.4 is 11.4 Å². The Kier molecular flexibility index (Phi) is 4.96. The summed E-state index contributed by atoms with van der Waals surface area (Å²) in [5, 5.41) is 1.32. The maximum absolute atomic E-state index is 12.4. The van der Waals surface area contributed by atoms with Gasteiger partial charge in [-0.1, -0.05) is 35.5 Å². The van der Waals surface area contributed by atoms with E-state index in [1.54, 1.807) is 6.07 Å². The number of aromatic nitrogens is 2. The fraction of sp³-hybridized carbons (Fsp3) is 0.118. The summed E-state index contributed by atoms with van der Waals surface area (Å²) >= 11 is 7.28. The number of benzene rings is 2. The van der Waals surface area contributed by atoms with Gasteiger partial charge in [0, 0.05) is 10.8 Å². The van der Waals surface area contributed by atoms with Crippen molar-refractivity contribution < 1.29 is 9.53 Å². The lowest BCUT2D eigenvalue weighted by molar-refractivity contribution is 0.0601. The molecular weight excluding hydrogens is 362 g/mol. The molecule has 1 aromatic heterocycles. The van der Waals surface area contributed by atoms with Crippen molar-refractivity contribution in [2.24, 2.45) is 0 Å². The molecule has 0 saturated carbocycles. The van der Waals surface area contributed by atoms with Gasteiger partial charge in [-0.3, -0.25) is 4.79 Å². The third kappa shape index (κ3) is 3.62. The van der Waals surface area contributed by atoms with E-state index in [2.05, 4.69) is 4.98 Å². The number of thioether (sulfide) groups is 1. The number of nitrogens with two attached hydrogens (primary N) is 1. The van der Waals surface area contributed by atoms with Crippen LogP contribution in [0.3, 0.4) is 0 Å². The quantitative estimate of drug-likeness (QED) is 0.326. The van der Waals surface area contributed by atoms with Crippen LogP contribution in [0.2, 0.25) is 5.02 Å². The lowest BCUT2D eigenvalue weighted by Gasteiger charge is -2.09. The van der Waals surface area contributed by atoms with E-state index in [0.29, 0.717) is 32.4 Å². The van der Waals surface area contributed by atoms with Crippen LogP contribution in [0.5, 0.6) is 0 Å². The number of nitrogens with zero attached hydrogens (tertiary/aromatic N) is 2. The lowest BCUT2D eigenvalue weighted by Crippen LogP contribution is -2.29. The van der Waals surface area contributed by atoms with E-state index in [-0.39, 0.29) is 5.56 Å². The predicted octanol–water partition coefficient (Wildman–Crippen LogP) is 2.84. The van der Waals surface area contributed by atoms with Gasteiger partial charge in [0.2, 0.25) is 0 Å². The Morgan fingerprint density at radius 1 is 1.32 bits per heavy atom. The number of ether oxygens (including phenoxy) is 1. The van der Waals surface area contributed by atoms with E-state index in [9.17, 15) is 9.59 Å². The Hall–Kier alpha value is -2.51. The minimum Gasteiger partial charge on any atom is -0.465 e. The van der Waals surface area contributed by atoms with Gasteiger partial charge < -0.3 is 10.6 Å². The molecule has 0 aliphatic carbocycles. The van der Waals surface area contributed by atoms with Crippen molar-refractivity contribution in [3.63, 3.8) is 0 Å². The molecule has 3 aromatic rings. The monoisotopic (exact) mass is 375 g/mol. The molecule has 0 aliphatic rings. The zero-order chi connectivity index (χ0) is 18.0. The van der Waals surface area contributed by atoms with E-state index in [0.717, 1.165) is 10.2 Å². The number of carbonyl (C=O) groups excluding carboxylic acids is 1. The third-order valence-corrected chi connectivity index (χ3v) is 4.81. The number of rotatable bonds is 4. The molecule has 8 heteroatoms. The minimum absolute atomic E-state index is 0.322. The van der Waals surface area contributed by atoms with Gasteiger partial charge >= 0.3 is 5.97 Å². The Morgan fingerprint density at radius 2 is 2.12 bits per heavy atom. The molecule has 0 aliphatic heterocycles. The van der Waals surface area contributed by atoms with Crippen molar-refractivity contribution in [1.82, 2.24) is 9.66 Å². The molecular formula is C17H14ClN3O3S. The smallest absolute Gasteiger partial charge is 0.337 e. The van der Waals surface area contributed by atoms with Crippen LogP contribution in [0.1, 0.15) is 15.9 Å². The average Bonchev–Trinajstić information content (AvgIpc) is 2.62. The topological polar surface area (TPSA) is 87.2 Å². The van der Waals surface area contributed by atoms with Crippen LogP contribution in [-0.2, 0) is 10.5 Å². The second-order valence-electron chi connectivity index (χ2n) is 5.21. The fourth-order valence-corrected chi connectivity index (χ4v) is 3.37. The zero-order valence-corrected chi connectivity index (χ0v) is 14.8. The van der Waals surface area contributed by atoms with Crippen molar-refractivity contribution in [3.8, 4) is 0 Å². The predicted molar refractivity (Wildman–Crippen MR) is 98.5 cm³/mol. The first kappa shape index (κ1) is 17.3. The normalized spacial score (nSPS) is 10.8. The maximum Gasteiger partial charge on any atom is 0.337 e. The summed E-state index contributed by atoms with van der Waals surface area (Å²) in [5.74, 6) is 5.93. The van der Waals surface area contributed by atoms with E-state index < -0.39 is 5.97 Å². The Balaban J connectivity index is 1.98. The van der Waals surface area contributed by atoms with Gasteiger partial charge in [-0.15, -0.1) is 0 Å². The third-order valence-electron chi connectivity index (χ3n) is 3.55. The lowest BCUT2D eigenvalue weighted by atomic mass is 10.1. The van der Waals surface area contributed by atoms with Crippen molar-refractivity contribution in [2.45, 2.75) is 10.9 Å². The van der Waals surface area contributed by atoms with Crippen molar-refractivity contribution in [3.05, 3.63) is 69.0 Å². The summed E-state index contributed by atoms with van der Waals surface area (Å²) < 4.78 is 5.70. The second kappa shape index (κ2) is 7.16. The molecule has 0 unspecified atom stereocenters. The zero-order valence-electron chi connectivity index (χ0n) is 13.2. The molecule has 0 fully saturated rings. The van der Waals surface area contributed by atoms with Gasteiger partial charge in [-0.2, -0.15) is 0 Å². The van der Waals surface area contributed by atoms with Crippen LogP contribution >= 0.6 is 23.4 Å². The van der Waals surface area contributed by atoms with Crippen molar-refractivity contribution >= 4 is 40.2 Å². The Morgan fingerprint density at radius 3 is 2.84 bits per heavy atom. The number of fused-ring (bicyclic) bond motifs is 1. The first-order chi connectivity index (χ1) is 12.0. The summed E-state index contributed by atoms with van der Waals surface area (Å²) in [7, 11) is 1.30. The van der Waals surface area contributed by atoms with E-state index in [1.165, 1.54) is 37.1 Å². The fourth-order valence-electron chi connectivity index (χ4n) is 2.30. The van der Waals surface area contributed by atoms with Gasteiger partial charge in [-0.05, 0) is 35.9 Å². The Labute approximate surface area is 152 Å². The molecule has 3 rings (SSSR count). The molecule has 0 atom stereocenters. The average molecular weight is 376 g/mol. The highest BCUT2D eigenvalue weighted by atomic mass is 35.5. The number of hydrogen-bond acceptors (Lipinski definition) is 6. The molecule has 0 bridgehead atoms. The molecule has 0 radical (unpaired) electrons. The number of halogens is 1. The highest BCUT2D eigenvalue weighted by molar-refractivity contribution is 7.98. The largest absolute Gasteiger partial charge is 0.465 e. The molecule has 6 nitrogen and oxygen atoms in total. The molecule has 25 heavy (non-hydrogen) atoms. The van der Waals surface area contributed by atoms with Crippen LogP contribution in [0.4, 0.5) is 0 Å². The number of carbonyl (C=O) groups is 1. The Bertz CT molecular complexity index is 1020. The number of methoxy groups -OCH3 is 1. The SMILES string of the molecule is COC(=O)c1ccc2c(=O)n(N)c(SCc3cccc(Cl)c3)nc2c1. The van der Waals surface area contributed by atoms with E-state index >= 15 is 0 Å². The second-order valence-corrected chi connectivity index (χ2v) is 6.59. The molecule has 2 N–H and O–H groups in total. The maximum atomic E-state index is 12.4. The molecule has 0 saturated heterocycles. The van der Waals surface area contributed by atoms with Crippen LogP contribution in [-0.4, -0.2) is 22.7 Å². The summed E-state index contributed by atoms with van der Waals surface area (Å²) in [4.78, 5) is 28.5. The van der Waals surface area contributed by atoms with Crippen LogP contribution in [0.25, 0.3) is 10.9 Å². The molecule has 2 aromatic carbocycles. The first-order valence-electron chi connectivity index (χ1n) is 7.27. The van der Waals surface area contributed by atoms with Gasteiger partial charge in [0.25, 0.3) is 5.56 Å². The van der Waals surface area contributed by atoms with Gasteiger partial charge in [0.15, 0.2) is 5.16 Å². The minimum atomic E-state index is -0.492. The summed E-state index contributed by atoms with van der Waals surface area (Å²) in [6, 6.07) is 12.0. The molecule has 128 valence electrons. The van der Waals surface area contributed by atoms with Crippen molar-refractivity contribution in [1.29, 1.82) is 0 Å². The highest BCUT2D eigenvalue weighted by Gasteiger charge is 2.13. The number of hydrogen-bond donors (Lipinski definition) is 1. The number of nitrogen functional groups attached to an aromatic ring is 1. The standard InChI is InChI=1S/C17H14ClN3O3S/c1-24-16(23)11-5-6-13-14(8-11)20-17(21(19)15(13)22)25-9-10-3-2-4-12(18)7-10/h2-8H,9,19H2,1H3. The first-order valence-corrected chi connectivity index (χ1v) is 8.63.